The molecular weight excluding hydrogens is 420 g/mol. The summed E-state index contributed by atoms with van der Waals surface area (Å²) in [5.74, 6) is 0.107. The Labute approximate surface area is 203 Å². The lowest BCUT2D eigenvalue weighted by Gasteiger charge is -2.34. The van der Waals surface area contributed by atoms with Gasteiger partial charge in [0, 0.05) is 17.8 Å². The molecule has 34 heavy (non-hydrogen) atoms. The van der Waals surface area contributed by atoms with Crippen molar-refractivity contribution in [2.75, 3.05) is 10.2 Å². The van der Waals surface area contributed by atoms with Crippen LogP contribution in [0.25, 0.3) is 0 Å². The van der Waals surface area contributed by atoms with Crippen molar-refractivity contribution >= 4 is 23.2 Å². The number of hydrogen-bond donors (Lipinski definition) is 1. The van der Waals surface area contributed by atoms with Gasteiger partial charge in [0.15, 0.2) is 0 Å². The number of rotatable bonds is 7. The fourth-order valence-electron chi connectivity index (χ4n) is 4.84. The molecule has 4 heteroatoms. The van der Waals surface area contributed by atoms with Gasteiger partial charge in [-0.3, -0.25) is 9.59 Å². The molecule has 0 saturated heterocycles. The van der Waals surface area contributed by atoms with Crippen molar-refractivity contribution in [3.8, 4) is 0 Å². The van der Waals surface area contributed by atoms with E-state index in [1.54, 1.807) is 0 Å². The average molecular weight is 455 g/mol. The monoisotopic (exact) mass is 454 g/mol. The highest BCUT2D eigenvalue weighted by molar-refractivity contribution is 6.02. The van der Waals surface area contributed by atoms with Crippen LogP contribution in [0.4, 0.5) is 11.4 Å². The molecule has 0 aliphatic carbocycles. The molecule has 1 aliphatic rings. The van der Waals surface area contributed by atoms with Gasteiger partial charge in [-0.05, 0) is 46.6 Å². The third kappa shape index (κ3) is 5.06. The van der Waals surface area contributed by atoms with Crippen LogP contribution in [-0.4, -0.2) is 11.8 Å². The quantitative estimate of drug-likeness (QED) is 0.433. The van der Waals surface area contributed by atoms with E-state index >= 15 is 0 Å². The first-order valence-corrected chi connectivity index (χ1v) is 12.2. The topological polar surface area (TPSA) is 49.4 Å². The van der Waals surface area contributed by atoms with E-state index in [2.05, 4.69) is 57.3 Å². The largest absolute Gasteiger partial charge is 0.326 e. The molecule has 2 amide bonds. The van der Waals surface area contributed by atoms with Gasteiger partial charge in [-0.15, -0.1) is 0 Å². The first-order valence-electron chi connectivity index (χ1n) is 12.2. The van der Waals surface area contributed by atoms with Crippen LogP contribution in [0, 0.1) is 5.92 Å². The Bertz CT molecular complexity index is 1140. The predicted octanol–water partition coefficient (Wildman–Crippen LogP) is 6.67. The molecule has 4 nitrogen and oxygen atoms in total. The molecule has 0 radical (unpaired) electrons. The molecule has 4 rings (SSSR count). The highest BCUT2D eigenvalue weighted by atomic mass is 16.2. The summed E-state index contributed by atoms with van der Waals surface area (Å²) < 4.78 is 0. The summed E-state index contributed by atoms with van der Waals surface area (Å²) in [6, 6.07) is 24.3. The number of nitrogens with one attached hydrogen (secondary N) is 1. The Balaban J connectivity index is 1.58. The number of para-hydroxylation sites is 2. The number of carbonyl (C=O) groups excluding carboxylic acids is 2. The zero-order valence-corrected chi connectivity index (χ0v) is 20.5. The van der Waals surface area contributed by atoms with Gasteiger partial charge in [0.1, 0.15) is 0 Å². The fourth-order valence-corrected chi connectivity index (χ4v) is 4.84. The van der Waals surface area contributed by atoms with E-state index < -0.39 is 0 Å². The van der Waals surface area contributed by atoms with Crippen molar-refractivity contribution in [3.63, 3.8) is 0 Å². The minimum absolute atomic E-state index is 0.0129. The smallest absolute Gasteiger partial charge is 0.231 e. The van der Waals surface area contributed by atoms with E-state index in [0.717, 1.165) is 33.6 Å². The SMILES string of the molecule is CC(C)c1cccc(C(C)C)c1NC(=O)CC1Cc2ccccc2N(Cc2ccccc2)C1=O. The lowest BCUT2D eigenvalue weighted by Crippen LogP contribution is -2.42. The molecule has 3 aromatic carbocycles. The number of hydrogen-bond acceptors (Lipinski definition) is 2. The Hall–Kier alpha value is -3.40. The van der Waals surface area contributed by atoms with Crippen LogP contribution >= 0.6 is 0 Å². The van der Waals surface area contributed by atoms with E-state index in [4.69, 9.17) is 0 Å². The van der Waals surface area contributed by atoms with Gasteiger partial charge in [0.25, 0.3) is 0 Å². The summed E-state index contributed by atoms with van der Waals surface area (Å²) in [5, 5.41) is 3.19. The molecule has 3 aromatic rings. The Morgan fingerprint density at radius 2 is 1.50 bits per heavy atom. The van der Waals surface area contributed by atoms with Gasteiger partial charge < -0.3 is 10.2 Å². The molecule has 0 aromatic heterocycles. The van der Waals surface area contributed by atoms with E-state index in [0.29, 0.717) is 24.8 Å². The molecule has 0 bridgehead atoms. The van der Waals surface area contributed by atoms with Crippen LogP contribution in [0.1, 0.15) is 68.2 Å². The van der Waals surface area contributed by atoms with E-state index in [9.17, 15) is 9.59 Å². The second-order valence-electron chi connectivity index (χ2n) is 9.81. The summed E-state index contributed by atoms with van der Waals surface area (Å²) in [5.41, 5.74) is 6.29. The Kier molecular flexibility index (Phi) is 7.16. The van der Waals surface area contributed by atoms with E-state index in [1.165, 1.54) is 0 Å². The van der Waals surface area contributed by atoms with Crippen molar-refractivity contribution in [2.24, 2.45) is 5.92 Å². The van der Waals surface area contributed by atoms with Gasteiger partial charge >= 0.3 is 0 Å². The van der Waals surface area contributed by atoms with Crippen molar-refractivity contribution in [1.29, 1.82) is 0 Å². The highest BCUT2D eigenvalue weighted by Crippen LogP contribution is 2.35. The van der Waals surface area contributed by atoms with Crippen molar-refractivity contribution in [2.45, 2.75) is 58.9 Å². The molecule has 1 aliphatic heterocycles. The third-order valence-electron chi connectivity index (χ3n) is 6.62. The number of anilines is 2. The lowest BCUT2D eigenvalue weighted by molar-refractivity contribution is -0.127. The number of nitrogens with zero attached hydrogens (tertiary/aromatic N) is 1. The van der Waals surface area contributed by atoms with E-state index in [1.807, 2.05) is 53.4 Å². The summed E-state index contributed by atoms with van der Waals surface area (Å²) in [7, 11) is 0. The minimum atomic E-state index is -0.382. The van der Waals surface area contributed by atoms with Gasteiger partial charge in [-0.2, -0.15) is 0 Å². The Morgan fingerprint density at radius 3 is 2.15 bits per heavy atom. The maximum Gasteiger partial charge on any atom is 0.231 e. The van der Waals surface area contributed by atoms with Crippen LogP contribution in [0.15, 0.2) is 72.8 Å². The second-order valence-corrected chi connectivity index (χ2v) is 9.81. The van der Waals surface area contributed by atoms with Crippen LogP contribution in [0.2, 0.25) is 0 Å². The molecule has 176 valence electrons. The zero-order valence-electron chi connectivity index (χ0n) is 20.5. The lowest BCUT2D eigenvalue weighted by atomic mass is 9.88. The number of benzene rings is 3. The molecular formula is C30H34N2O2. The van der Waals surface area contributed by atoms with Crippen molar-refractivity contribution in [3.05, 3.63) is 95.1 Å². The molecule has 0 spiro atoms. The van der Waals surface area contributed by atoms with Gasteiger partial charge in [-0.25, -0.2) is 0 Å². The summed E-state index contributed by atoms with van der Waals surface area (Å²) in [6.07, 6.45) is 0.749. The second kappa shape index (κ2) is 10.3. The molecule has 1 unspecified atom stereocenters. The summed E-state index contributed by atoms with van der Waals surface area (Å²) >= 11 is 0. The summed E-state index contributed by atoms with van der Waals surface area (Å²) in [6.45, 7) is 9.05. The van der Waals surface area contributed by atoms with Gasteiger partial charge in [-0.1, -0.05) is 94.4 Å². The minimum Gasteiger partial charge on any atom is -0.326 e. The maximum atomic E-state index is 13.6. The molecule has 0 fully saturated rings. The molecule has 1 N–H and O–H groups in total. The van der Waals surface area contributed by atoms with Gasteiger partial charge in [0.2, 0.25) is 11.8 Å². The standard InChI is InChI=1S/C30H34N2O2/c1-20(2)25-14-10-15-26(21(3)4)29(25)31-28(33)18-24-17-23-13-8-9-16-27(23)32(30(24)34)19-22-11-6-5-7-12-22/h5-16,20-21,24H,17-19H2,1-4H3,(H,31,33). The Morgan fingerprint density at radius 1 is 0.882 bits per heavy atom. The fraction of sp³-hybridized carbons (Fsp3) is 0.333. The van der Waals surface area contributed by atoms with Gasteiger partial charge in [0.05, 0.1) is 12.5 Å². The third-order valence-corrected chi connectivity index (χ3v) is 6.62. The van der Waals surface area contributed by atoms with Crippen LogP contribution in [0.3, 0.4) is 0 Å². The zero-order chi connectivity index (χ0) is 24.2. The molecule has 0 saturated carbocycles. The normalized spacial score (nSPS) is 15.5. The molecule has 1 atom stereocenters. The first kappa shape index (κ1) is 23.7. The van der Waals surface area contributed by atoms with Crippen LogP contribution < -0.4 is 10.2 Å². The van der Waals surface area contributed by atoms with Crippen molar-refractivity contribution < 1.29 is 9.59 Å². The highest BCUT2D eigenvalue weighted by Gasteiger charge is 2.34. The summed E-state index contributed by atoms with van der Waals surface area (Å²) in [4.78, 5) is 28.7. The number of carbonyl (C=O) groups is 2. The van der Waals surface area contributed by atoms with E-state index in [-0.39, 0.29) is 24.2 Å². The van der Waals surface area contributed by atoms with Crippen molar-refractivity contribution in [1.82, 2.24) is 0 Å². The number of amides is 2. The number of fused-ring (bicyclic) bond motifs is 1. The average Bonchev–Trinajstić information content (AvgIpc) is 2.82. The maximum absolute atomic E-state index is 13.6. The first-order chi connectivity index (χ1) is 16.3. The van der Waals surface area contributed by atoms with Crippen LogP contribution in [0.5, 0.6) is 0 Å². The predicted molar refractivity (Wildman–Crippen MR) is 139 cm³/mol. The van der Waals surface area contributed by atoms with Crippen LogP contribution in [-0.2, 0) is 22.6 Å². The molecule has 1 heterocycles.